The third-order valence-electron chi connectivity index (χ3n) is 3.11. The highest BCUT2D eigenvalue weighted by Crippen LogP contribution is 2.32. The van der Waals surface area contributed by atoms with Gasteiger partial charge in [-0.2, -0.15) is 0 Å². The third-order valence-corrected chi connectivity index (χ3v) is 3.11. The Morgan fingerprint density at radius 2 is 2.25 bits per heavy atom. The first-order valence-corrected chi connectivity index (χ1v) is 6.37. The van der Waals surface area contributed by atoms with Crippen LogP contribution < -0.4 is 9.47 Å². The first kappa shape index (κ1) is 14.2. The smallest absolute Gasteiger partial charge is 0.307 e. The molecule has 0 saturated carbocycles. The van der Waals surface area contributed by atoms with E-state index in [0.717, 1.165) is 17.1 Å². The van der Waals surface area contributed by atoms with Crippen LogP contribution in [0.1, 0.15) is 12.5 Å². The summed E-state index contributed by atoms with van der Waals surface area (Å²) in [6.45, 7) is 3.31. The molecule has 106 valence electrons. The van der Waals surface area contributed by atoms with Crippen LogP contribution in [0.5, 0.6) is 11.5 Å². The maximum absolute atomic E-state index is 10.9. The number of nitrogens with zero attached hydrogens (tertiary/aromatic N) is 1. The number of terminal acetylenes is 1. The molecule has 20 heavy (non-hydrogen) atoms. The van der Waals surface area contributed by atoms with Crippen molar-refractivity contribution in [3.63, 3.8) is 0 Å². The summed E-state index contributed by atoms with van der Waals surface area (Å²) in [4.78, 5) is 12.9. The van der Waals surface area contributed by atoms with Crippen molar-refractivity contribution in [1.29, 1.82) is 0 Å². The van der Waals surface area contributed by atoms with Gasteiger partial charge < -0.3 is 14.6 Å². The molecule has 0 fully saturated rings. The quantitative estimate of drug-likeness (QED) is 0.799. The molecule has 0 aliphatic carbocycles. The summed E-state index contributed by atoms with van der Waals surface area (Å²) >= 11 is 0. The number of hydrogen-bond donors (Lipinski definition) is 1. The summed E-state index contributed by atoms with van der Waals surface area (Å²) in [5.74, 6) is 2.73. The van der Waals surface area contributed by atoms with E-state index in [9.17, 15) is 4.79 Å². The molecule has 0 aromatic heterocycles. The Morgan fingerprint density at radius 1 is 1.50 bits per heavy atom. The highest BCUT2D eigenvalue weighted by molar-refractivity contribution is 5.69. The van der Waals surface area contributed by atoms with Crippen LogP contribution in [0, 0.1) is 18.3 Å². The van der Waals surface area contributed by atoms with Crippen molar-refractivity contribution in [2.45, 2.75) is 13.5 Å². The monoisotopic (exact) mass is 275 g/mol. The van der Waals surface area contributed by atoms with Crippen LogP contribution >= 0.6 is 0 Å². The van der Waals surface area contributed by atoms with Crippen molar-refractivity contribution in [2.75, 3.05) is 19.9 Å². The number of ether oxygens (including phenoxy) is 2. The number of carboxylic acid groups (broad SMARTS) is 1. The van der Waals surface area contributed by atoms with Gasteiger partial charge in [0.1, 0.15) is 0 Å². The second-order valence-electron chi connectivity index (χ2n) is 4.80. The number of aliphatic carboxylic acids is 1. The van der Waals surface area contributed by atoms with E-state index in [4.69, 9.17) is 21.0 Å². The Labute approximate surface area is 118 Å². The Morgan fingerprint density at radius 3 is 2.95 bits per heavy atom. The van der Waals surface area contributed by atoms with Gasteiger partial charge in [-0.15, -0.1) is 6.42 Å². The number of carbonyl (C=O) groups is 1. The second-order valence-corrected chi connectivity index (χ2v) is 4.80. The van der Waals surface area contributed by atoms with Crippen LogP contribution in [0.2, 0.25) is 0 Å². The van der Waals surface area contributed by atoms with Gasteiger partial charge in [0, 0.05) is 13.1 Å². The number of hydrogen-bond acceptors (Lipinski definition) is 4. The molecule has 1 aromatic rings. The second kappa shape index (κ2) is 6.31. The summed E-state index contributed by atoms with van der Waals surface area (Å²) in [7, 11) is 0. The summed E-state index contributed by atoms with van der Waals surface area (Å²) in [6, 6.07) is 5.69. The van der Waals surface area contributed by atoms with E-state index >= 15 is 0 Å². The fourth-order valence-electron chi connectivity index (χ4n) is 2.08. The van der Waals surface area contributed by atoms with Crippen molar-refractivity contribution < 1.29 is 19.4 Å². The third kappa shape index (κ3) is 3.43. The van der Waals surface area contributed by atoms with Gasteiger partial charge in [0.05, 0.1) is 12.5 Å². The molecule has 0 radical (unpaired) electrons. The molecular weight excluding hydrogens is 258 g/mol. The Balaban J connectivity index is 2.04. The van der Waals surface area contributed by atoms with Gasteiger partial charge in [-0.25, -0.2) is 0 Å². The lowest BCUT2D eigenvalue weighted by Crippen LogP contribution is -2.31. The predicted molar refractivity (Wildman–Crippen MR) is 73.5 cm³/mol. The Kier molecular flexibility index (Phi) is 4.49. The summed E-state index contributed by atoms with van der Waals surface area (Å²) in [6.07, 6.45) is 5.34. The molecule has 1 unspecified atom stereocenters. The normalized spacial score (nSPS) is 14.1. The molecule has 5 heteroatoms. The highest BCUT2D eigenvalue weighted by Gasteiger charge is 2.18. The van der Waals surface area contributed by atoms with Gasteiger partial charge in [-0.1, -0.05) is 18.9 Å². The minimum absolute atomic E-state index is 0.239. The van der Waals surface area contributed by atoms with E-state index in [0.29, 0.717) is 19.6 Å². The van der Waals surface area contributed by atoms with E-state index in [1.165, 1.54) is 0 Å². The number of fused-ring (bicyclic) bond motifs is 1. The van der Waals surface area contributed by atoms with Crippen LogP contribution in [-0.2, 0) is 11.3 Å². The minimum Gasteiger partial charge on any atom is -0.481 e. The van der Waals surface area contributed by atoms with Crippen molar-refractivity contribution in [3.8, 4) is 23.8 Å². The summed E-state index contributed by atoms with van der Waals surface area (Å²) < 4.78 is 10.6. The standard InChI is InChI=1S/C15H17NO4/c1-3-6-16(8-11(2)15(17)18)9-12-4-5-13-14(7-12)20-10-19-13/h1,4-5,7,11H,6,8-10H2,2H3,(H,17,18). The molecule has 1 aliphatic heterocycles. The molecule has 0 saturated heterocycles. The molecule has 1 aliphatic rings. The number of carboxylic acids is 1. The maximum Gasteiger partial charge on any atom is 0.307 e. The zero-order valence-corrected chi connectivity index (χ0v) is 11.3. The molecule has 0 amide bonds. The lowest BCUT2D eigenvalue weighted by Gasteiger charge is -2.22. The van der Waals surface area contributed by atoms with E-state index < -0.39 is 11.9 Å². The summed E-state index contributed by atoms with van der Waals surface area (Å²) in [5, 5.41) is 8.98. The molecule has 0 spiro atoms. The number of rotatable bonds is 6. The largest absolute Gasteiger partial charge is 0.481 e. The fourth-order valence-corrected chi connectivity index (χ4v) is 2.08. The van der Waals surface area contributed by atoms with E-state index in [2.05, 4.69) is 5.92 Å². The lowest BCUT2D eigenvalue weighted by atomic mass is 10.1. The SMILES string of the molecule is C#CCN(Cc1ccc2c(c1)OCO2)CC(C)C(=O)O. The number of benzene rings is 1. The van der Waals surface area contributed by atoms with Crippen molar-refractivity contribution in [1.82, 2.24) is 4.90 Å². The lowest BCUT2D eigenvalue weighted by molar-refractivity contribution is -0.141. The summed E-state index contributed by atoms with van der Waals surface area (Å²) in [5.41, 5.74) is 1.02. The van der Waals surface area contributed by atoms with Gasteiger partial charge in [-0.3, -0.25) is 9.69 Å². The van der Waals surface area contributed by atoms with Crippen LogP contribution in [0.15, 0.2) is 18.2 Å². The van der Waals surface area contributed by atoms with E-state index in [1.807, 2.05) is 23.1 Å². The molecule has 1 heterocycles. The van der Waals surface area contributed by atoms with Gasteiger partial charge in [0.25, 0.3) is 0 Å². The topological polar surface area (TPSA) is 59.0 Å². The molecule has 1 N–H and O–H groups in total. The predicted octanol–water partition coefficient (Wildman–Crippen LogP) is 1.57. The van der Waals surface area contributed by atoms with Crippen molar-refractivity contribution >= 4 is 5.97 Å². The van der Waals surface area contributed by atoms with Gasteiger partial charge in [0.15, 0.2) is 11.5 Å². The van der Waals surface area contributed by atoms with Crippen LogP contribution in [-0.4, -0.2) is 35.9 Å². The molecule has 1 atom stereocenters. The molecule has 0 bridgehead atoms. The van der Waals surface area contributed by atoms with Crippen molar-refractivity contribution in [2.24, 2.45) is 5.92 Å². The molecule has 1 aromatic carbocycles. The molecular formula is C15H17NO4. The fraction of sp³-hybridized carbons (Fsp3) is 0.400. The first-order chi connectivity index (χ1) is 9.60. The first-order valence-electron chi connectivity index (χ1n) is 6.37. The van der Waals surface area contributed by atoms with Crippen molar-refractivity contribution in [3.05, 3.63) is 23.8 Å². The van der Waals surface area contributed by atoms with Crippen LogP contribution in [0.4, 0.5) is 0 Å². The van der Waals surface area contributed by atoms with Crippen LogP contribution in [0.3, 0.4) is 0 Å². The minimum atomic E-state index is -0.822. The zero-order valence-electron chi connectivity index (χ0n) is 11.3. The zero-order chi connectivity index (χ0) is 14.5. The van der Waals surface area contributed by atoms with Gasteiger partial charge in [0.2, 0.25) is 6.79 Å². The van der Waals surface area contributed by atoms with Crippen LogP contribution in [0.25, 0.3) is 0 Å². The Bertz CT molecular complexity index is 535. The van der Waals surface area contributed by atoms with E-state index in [1.54, 1.807) is 6.92 Å². The maximum atomic E-state index is 10.9. The molecule has 2 rings (SSSR count). The average molecular weight is 275 g/mol. The van der Waals surface area contributed by atoms with Gasteiger partial charge >= 0.3 is 5.97 Å². The average Bonchev–Trinajstić information content (AvgIpc) is 2.86. The van der Waals surface area contributed by atoms with E-state index in [-0.39, 0.29) is 6.79 Å². The molecule has 5 nitrogen and oxygen atoms in total. The van der Waals surface area contributed by atoms with Gasteiger partial charge in [-0.05, 0) is 17.7 Å². The highest BCUT2D eigenvalue weighted by atomic mass is 16.7. The Hall–Kier alpha value is -2.19.